The van der Waals surface area contributed by atoms with Crippen molar-refractivity contribution in [1.29, 1.82) is 0 Å². The second-order valence-electron chi connectivity index (χ2n) is 4.44. The highest BCUT2D eigenvalue weighted by atomic mass is 16.3. The molecule has 1 rings (SSSR count). The van der Waals surface area contributed by atoms with Crippen molar-refractivity contribution in [1.82, 2.24) is 5.32 Å². The topological polar surface area (TPSA) is 75.3 Å². The first-order chi connectivity index (χ1) is 8.60. The van der Waals surface area contributed by atoms with Crippen LogP contribution in [0.3, 0.4) is 0 Å². The highest BCUT2D eigenvalue weighted by Gasteiger charge is 2.17. The van der Waals surface area contributed by atoms with Crippen molar-refractivity contribution in [3.05, 3.63) is 29.8 Å². The predicted octanol–water partition coefficient (Wildman–Crippen LogP) is 1.80. The fourth-order valence-corrected chi connectivity index (χ4v) is 2.00. The molecule has 18 heavy (non-hydrogen) atoms. The Hall–Kier alpha value is -1.55. The average Bonchev–Trinajstić information content (AvgIpc) is 2.38. The largest absolute Gasteiger partial charge is 0.398 e. The van der Waals surface area contributed by atoms with Gasteiger partial charge in [-0.25, -0.2) is 0 Å². The zero-order valence-electron chi connectivity index (χ0n) is 11.0. The van der Waals surface area contributed by atoms with Crippen molar-refractivity contribution in [3.63, 3.8) is 0 Å². The van der Waals surface area contributed by atoms with Gasteiger partial charge in [0.05, 0.1) is 11.7 Å². The van der Waals surface area contributed by atoms with E-state index in [2.05, 4.69) is 5.32 Å². The Bertz CT molecular complexity index is 389. The van der Waals surface area contributed by atoms with Crippen molar-refractivity contribution < 1.29 is 9.90 Å². The molecule has 1 aromatic carbocycles. The Kier molecular flexibility index (Phi) is 5.65. The van der Waals surface area contributed by atoms with Crippen LogP contribution in [-0.2, 0) is 0 Å². The number of amides is 1. The number of nitrogens with two attached hydrogens (primary N) is 1. The molecule has 0 aliphatic rings. The molecule has 100 valence electrons. The summed E-state index contributed by atoms with van der Waals surface area (Å²) in [6.45, 7) is 4.34. The summed E-state index contributed by atoms with van der Waals surface area (Å²) in [6, 6.07) is 6.91. The van der Waals surface area contributed by atoms with E-state index in [1.165, 1.54) is 0 Å². The molecule has 0 fully saturated rings. The molecule has 1 unspecified atom stereocenters. The summed E-state index contributed by atoms with van der Waals surface area (Å²) in [5.41, 5.74) is 6.62. The lowest BCUT2D eigenvalue weighted by Gasteiger charge is -2.20. The molecule has 0 bridgehead atoms. The van der Waals surface area contributed by atoms with E-state index in [0.29, 0.717) is 11.3 Å². The minimum absolute atomic E-state index is 0.221. The molecule has 0 aliphatic carbocycles. The second kappa shape index (κ2) is 7.01. The number of para-hydroxylation sites is 1. The van der Waals surface area contributed by atoms with Gasteiger partial charge in [-0.3, -0.25) is 4.79 Å². The highest BCUT2D eigenvalue weighted by Crippen LogP contribution is 2.13. The molecular weight excluding hydrogens is 228 g/mol. The third kappa shape index (κ3) is 3.74. The summed E-state index contributed by atoms with van der Waals surface area (Å²) in [5.74, 6) is -0.0171. The van der Waals surface area contributed by atoms with Gasteiger partial charge in [0.15, 0.2) is 0 Å². The van der Waals surface area contributed by atoms with Crippen LogP contribution in [0, 0.1) is 5.92 Å². The van der Waals surface area contributed by atoms with Gasteiger partial charge in [-0.05, 0) is 18.1 Å². The Balaban J connectivity index is 2.54. The number of carbonyl (C=O) groups is 1. The number of aliphatic hydroxyl groups excluding tert-OH is 1. The summed E-state index contributed by atoms with van der Waals surface area (Å²) in [6.07, 6.45) is 1.30. The molecule has 1 atom stereocenters. The molecule has 4 N–H and O–H groups in total. The summed E-state index contributed by atoms with van der Waals surface area (Å²) in [7, 11) is 0. The average molecular weight is 250 g/mol. The van der Waals surface area contributed by atoms with Crippen LogP contribution in [0.2, 0.25) is 0 Å². The number of carbonyl (C=O) groups excluding carboxylic acids is 1. The normalized spacial score (nSPS) is 12.4. The first kappa shape index (κ1) is 14.5. The molecular formula is C14H22N2O2. The Morgan fingerprint density at radius 3 is 2.50 bits per heavy atom. The molecule has 0 spiro atoms. The quantitative estimate of drug-likeness (QED) is 0.674. The van der Waals surface area contributed by atoms with Gasteiger partial charge in [0.1, 0.15) is 0 Å². The summed E-state index contributed by atoms with van der Waals surface area (Å²) < 4.78 is 0. The minimum Gasteiger partial charge on any atom is -0.398 e. The number of anilines is 1. The number of rotatable bonds is 6. The maximum Gasteiger partial charge on any atom is 0.253 e. The van der Waals surface area contributed by atoms with Crippen LogP contribution in [0.1, 0.15) is 37.0 Å². The summed E-state index contributed by atoms with van der Waals surface area (Å²) in [4.78, 5) is 11.9. The second-order valence-corrected chi connectivity index (χ2v) is 4.44. The van der Waals surface area contributed by atoms with Crippen molar-refractivity contribution in [2.75, 3.05) is 12.3 Å². The van der Waals surface area contributed by atoms with Gasteiger partial charge in [-0.2, -0.15) is 0 Å². The van der Waals surface area contributed by atoms with Crippen molar-refractivity contribution in [2.24, 2.45) is 5.92 Å². The fraction of sp³-hybridized carbons (Fsp3) is 0.500. The monoisotopic (exact) mass is 250 g/mol. The number of hydrogen-bond acceptors (Lipinski definition) is 3. The summed E-state index contributed by atoms with van der Waals surface area (Å²) in [5, 5.41) is 12.6. The predicted molar refractivity (Wildman–Crippen MR) is 73.3 cm³/mol. The fourth-order valence-electron chi connectivity index (χ4n) is 2.00. The number of nitrogen functional groups attached to an aromatic ring is 1. The first-order valence-electron chi connectivity index (χ1n) is 6.40. The van der Waals surface area contributed by atoms with E-state index in [0.717, 1.165) is 12.8 Å². The third-order valence-electron chi connectivity index (χ3n) is 3.27. The molecule has 0 saturated heterocycles. The van der Waals surface area contributed by atoms with Crippen molar-refractivity contribution in [3.8, 4) is 0 Å². The standard InChI is InChI=1S/C14H22N2O2/c1-3-10(4-2)13(17)9-16-14(18)11-7-5-6-8-12(11)15/h5-8,10,13,17H,3-4,9,15H2,1-2H3,(H,16,18). The molecule has 4 heteroatoms. The van der Waals surface area contributed by atoms with Crippen LogP contribution in [0.25, 0.3) is 0 Å². The van der Waals surface area contributed by atoms with Crippen molar-refractivity contribution >= 4 is 11.6 Å². The van der Waals surface area contributed by atoms with E-state index in [1.54, 1.807) is 24.3 Å². The van der Waals surface area contributed by atoms with Crippen LogP contribution in [0.5, 0.6) is 0 Å². The van der Waals surface area contributed by atoms with Gasteiger partial charge in [0, 0.05) is 12.2 Å². The van der Waals surface area contributed by atoms with Gasteiger partial charge >= 0.3 is 0 Å². The minimum atomic E-state index is -0.506. The molecule has 0 aromatic heterocycles. The van der Waals surface area contributed by atoms with E-state index in [9.17, 15) is 9.90 Å². The number of aliphatic hydroxyl groups is 1. The molecule has 4 nitrogen and oxygen atoms in total. The molecule has 1 aromatic rings. The van der Waals surface area contributed by atoms with Crippen LogP contribution in [0.15, 0.2) is 24.3 Å². The van der Waals surface area contributed by atoms with Gasteiger partial charge in [-0.1, -0.05) is 38.8 Å². The van der Waals surface area contributed by atoms with Crippen molar-refractivity contribution in [2.45, 2.75) is 32.8 Å². The van der Waals surface area contributed by atoms with E-state index in [1.807, 2.05) is 13.8 Å². The number of benzene rings is 1. The summed E-state index contributed by atoms with van der Waals surface area (Å²) >= 11 is 0. The zero-order chi connectivity index (χ0) is 13.5. The Morgan fingerprint density at radius 1 is 1.33 bits per heavy atom. The smallest absolute Gasteiger partial charge is 0.253 e. The van der Waals surface area contributed by atoms with Gasteiger partial charge in [0.2, 0.25) is 0 Å². The van der Waals surface area contributed by atoms with Crippen LogP contribution in [-0.4, -0.2) is 23.7 Å². The molecule has 1 amide bonds. The van der Waals surface area contributed by atoms with Gasteiger partial charge in [-0.15, -0.1) is 0 Å². The van der Waals surface area contributed by atoms with E-state index in [4.69, 9.17) is 5.73 Å². The maximum absolute atomic E-state index is 11.9. The molecule has 0 saturated carbocycles. The number of hydrogen-bond donors (Lipinski definition) is 3. The van der Waals surface area contributed by atoms with Crippen LogP contribution in [0.4, 0.5) is 5.69 Å². The highest BCUT2D eigenvalue weighted by molar-refractivity contribution is 5.99. The molecule has 0 aliphatic heterocycles. The van der Waals surface area contributed by atoms with E-state index in [-0.39, 0.29) is 18.4 Å². The first-order valence-corrected chi connectivity index (χ1v) is 6.40. The molecule has 0 heterocycles. The number of nitrogens with one attached hydrogen (secondary N) is 1. The lowest BCUT2D eigenvalue weighted by Crippen LogP contribution is -2.36. The molecule has 0 radical (unpaired) electrons. The third-order valence-corrected chi connectivity index (χ3v) is 3.27. The van der Waals surface area contributed by atoms with Gasteiger partial charge in [0.25, 0.3) is 5.91 Å². The lowest BCUT2D eigenvalue weighted by atomic mass is 9.96. The maximum atomic E-state index is 11.9. The van der Waals surface area contributed by atoms with E-state index >= 15 is 0 Å². The van der Waals surface area contributed by atoms with Gasteiger partial charge < -0.3 is 16.2 Å². The van der Waals surface area contributed by atoms with Crippen LogP contribution >= 0.6 is 0 Å². The van der Waals surface area contributed by atoms with E-state index < -0.39 is 6.10 Å². The SMILES string of the molecule is CCC(CC)C(O)CNC(=O)c1ccccc1N. The Morgan fingerprint density at radius 2 is 1.94 bits per heavy atom. The Labute approximate surface area is 108 Å². The van der Waals surface area contributed by atoms with Crippen LogP contribution < -0.4 is 11.1 Å². The lowest BCUT2D eigenvalue weighted by molar-refractivity contribution is 0.0817. The zero-order valence-corrected chi connectivity index (χ0v) is 11.0.